The molecule has 0 aliphatic carbocycles. The van der Waals surface area contributed by atoms with Crippen LogP contribution in [0.3, 0.4) is 0 Å². The first kappa shape index (κ1) is 18.3. The monoisotopic (exact) mass is 399 g/mol. The number of nitrogens with zero attached hydrogens (tertiary/aromatic N) is 1. The van der Waals surface area contributed by atoms with E-state index < -0.39 is 17.2 Å². The highest BCUT2D eigenvalue weighted by Crippen LogP contribution is 2.18. The van der Waals surface area contributed by atoms with Crippen LogP contribution in [0.25, 0.3) is 0 Å². The van der Waals surface area contributed by atoms with Crippen LogP contribution in [0.5, 0.6) is 0 Å². The van der Waals surface area contributed by atoms with Crippen molar-refractivity contribution in [3.63, 3.8) is 0 Å². The second-order valence-corrected chi connectivity index (χ2v) is 7.91. The molecule has 0 bridgehead atoms. The summed E-state index contributed by atoms with van der Waals surface area (Å²) in [6, 6.07) is 8.47. The Balaban J connectivity index is 1.91. The van der Waals surface area contributed by atoms with E-state index >= 15 is 0 Å². The van der Waals surface area contributed by atoms with Crippen LogP contribution >= 0.6 is 15.9 Å². The summed E-state index contributed by atoms with van der Waals surface area (Å²) in [7, 11) is -4.35. The van der Waals surface area contributed by atoms with Gasteiger partial charge in [-0.3, -0.25) is 4.18 Å². The van der Waals surface area contributed by atoms with Crippen LogP contribution in [0, 0.1) is 6.92 Å². The van der Waals surface area contributed by atoms with E-state index in [1.54, 1.807) is 41.8 Å². The molecule has 8 heteroatoms. The smallest absolute Gasteiger partial charge is 0.413 e. The number of benzene rings is 1. The van der Waals surface area contributed by atoms with Gasteiger partial charge < -0.3 is 9.50 Å². The van der Waals surface area contributed by atoms with E-state index in [4.69, 9.17) is 4.18 Å². The number of aromatic nitrogens is 1. The SMILES string of the molecule is CB(O)n1cc(Br)cc1CCCOS(=O)(=O)c1ccc(C)cc1. The lowest BCUT2D eigenvalue weighted by Gasteiger charge is -2.09. The Kier molecular flexibility index (Phi) is 6.08. The van der Waals surface area contributed by atoms with E-state index in [1.807, 2.05) is 13.0 Å². The van der Waals surface area contributed by atoms with Gasteiger partial charge in [0, 0.05) is 16.4 Å². The fourth-order valence-electron chi connectivity index (χ4n) is 2.23. The molecule has 2 rings (SSSR count). The molecule has 0 aliphatic rings. The highest BCUT2D eigenvalue weighted by Gasteiger charge is 2.16. The highest BCUT2D eigenvalue weighted by atomic mass is 79.9. The van der Waals surface area contributed by atoms with Crippen molar-refractivity contribution in [2.75, 3.05) is 6.61 Å². The zero-order chi connectivity index (χ0) is 17.0. The Bertz CT molecular complexity index is 756. The zero-order valence-corrected chi connectivity index (χ0v) is 15.5. The maximum atomic E-state index is 12.1. The summed E-state index contributed by atoms with van der Waals surface area (Å²) in [6.45, 7) is 3.67. The molecule has 1 heterocycles. The molecule has 0 spiro atoms. The van der Waals surface area contributed by atoms with Gasteiger partial charge in [0.1, 0.15) is 0 Å². The molecule has 0 aliphatic heterocycles. The van der Waals surface area contributed by atoms with Crippen LogP contribution in [-0.4, -0.2) is 31.6 Å². The predicted octanol–water partition coefficient (Wildman–Crippen LogP) is 2.86. The molecule has 23 heavy (non-hydrogen) atoms. The van der Waals surface area contributed by atoms with Gasteiger partial charge in [0.2, 0.25) is 0 Å². The van der Waals surface area contributed by atoms with E-state index in [1.165, 1.54) is 0 Å². The lowest BCUT2D eigenvalue weighted by Crippen LogP contribution is -2.21. The van der Waals surface area contributed by atoms with Crippen molar-refractivity contribution in [2.45, 2.75) is 31.5 Å². The predicted molar refractivity (Wildman–Crippen MR) is 94.0 cm³/mol. The minimum absolute atomic E-state index is 0.0960. The van der Waals surface area contributed by atoms with E-state index in [0.717, 1.165) is 15.7 Å². The number of aryl methyl sites for hydroxylation is 2. The summed E-state index contributed by atoms with van der Waals surface area (Å²) < 4.78 is 31.8. The standard InChI is InChI=1S/C15H19BBrNO4S/c1-12-5-7-15(8-6-12)23(20,21)22-9-3-4-14-10-13(17)11-18(14)16(2)19/h5-8,10-11,19H,3-4,9H2,1-2H3. The van der Waals surface area contributed by atoms with Crippen LogP contribution in [-0.2, 0) is 20.7 Å². The van der Waals surface area contributed by atoms with Crippen molar-refractivity contribution < 1.29 is 17.6 Å². The van der Waals surface area contributed by atoms with Crippen LogP contribution in [0.2, 0.25) is 6.82 Å². The molecule has 5 nitrogen and oxygen atoms in total. The average molecular weight is 400 g/mol. The number of halogens is 1. The molecular formula is C15H19BBrNO4S. The van der Waals surface area contributed by atoms with E-state index in [0.29, 0.717) is 12.8 Å². The molecule has 0 saturated carbocycles. The first-order valence-electron chi connectivity index (χ1n) is 7.30. The molecule has 1 aromatic carbocycles. The van der Waals surface area contributed by atoms with Gasteiger partial charge >= 0.3 is 7.05 Å². The fourth-order valence-corrected chi connectivity index (χ4v) is 3.66. The number of hydrogen-bond donors (Lipinski definition) is 1. The van der Waals surface area contributed by atoms with Gasteiger partial charge in [-0.05, 0) is 60.7 Å². The van der Waals surface area contributed by atoms with Gasteiger partial charge in [0.05, 0.1) is 11.5 Å². The quantitative estimate of drug-likeness (QED) is 0.441. The third kappa shape index (κ3) is 4.94. The summed E-state index contributed by atoms with van der Waals surface area (Å²) in [5.41, 5.74) is 1.91. The van der Waals surface area contributed by atoms with Crippen molar-refractivity contribution in [1.82, 2.24) is 4.48 Å². The zero-order valence-electron chi connectivity index (χ0n) is 13.1. The third-order valence-corrected chi connectivity index (χ3v) is 5.19. The molecule has 0 unspecified atom stereocenters. The minimum atomic E-state index is -3.72. The largest absolute Gasteiger partial charge is 0.432 e. The van der Waals surface area contributed by atoms with E-state index in [-0.39, 0.29) is 11.5 Å². The molecule has 0 amide bonds. The van der Waals surface area contributed by atoms with Gasteiger partial charge in [0.15, 0.2) is 0 Å². The maximum absolute atomic E-state index is 12.1. The molecule has 0 atom stereocenters. The molecule has 124 valence electrons. The Morgan fingerprint density at radius 2 is 1.96 bits per heavy atom. The maximum Gasteiger partial charge on any atom is 0.413 e. The number of rotatable bonds is 7. The van der Waals surface area contributed by atoms with Crippen molar-refractivity contribution in [3.05, 3.63) is 52.3 Å². The molecule has 2 aromatic rings. The van der Waals surface area contributed by atoms with Gasteiger partial charge in [0.25, 0.3) is 10.1 Å². The van der Waals surface area contributed by atoms with Crippen molar-refractivity contribution in [2.24, 2.45) is 0 Å². The lowest BCUT2D eigenvalue weighted by atomic mass is 9.87. The minimum Gasteiger partial charge on any atom is -0.432 e. The van der Waals surface area contributed by atoms with Crippen LogP contribution in [0.4, 0.5) is 0 Å². The first-order valence-corrected chi connectivity index (χ1v) is 9.50. The lowest BCUT2D eigenvalue weighted by molar-refractivity contribution is 0.311. The van der Waals surface area contributed by atoms with Crippen LogP contribution < -0.4 is 0 Å². The Morgan fingerprint density at radius 1 is 1.30 bits per heavy atom. The van der Waals surface area contributed by atoms with Crippen molar-refractivity contribution in [3.8, 4) is 0 Å². The van der Waals surface area contributed by atoms with Crippen molar-refractivity contribution in [1.29, 1.82) is 0 Å². The highest BCUT2D eigenvalue weighted by molar-refractivity contribution is 9.10. The summed E-state index contributed by atoms with van der Waals surface area (Å²) in [4.78, 5) is 0.165. The molecule has 1 N–H and O–H groups in total. The third-order valence-electron chi connectivity index (χ3n) is 3.43. The van der Waals surface area contributed by atoms with Crippen LogP contribution in [0.15, 0.2) is 45.9 Å². The molecule has 1 aromatic heterocycles. The average Bonchev–Trinajstić information content (AvgIpc) is 2.85. The van der Waals surface area contributed by atoms with Gasteiger partial charge in [-0.25, -0.2) is 0 Å². The summed E-state index contributed by atoms with van der Waals surface area (Å²) >= 11 is 3.37. The Labute approximate surface area is 145 Å². The summed E-state index contributed by atoms with van der Waals surface area (Å²) in [6.07, 6.45) is 2.94. The second-order valence-electron chi connectivity index (χ2n) is 5.38. The van der Waals surface area contributed by atoms with E-state index in [9.17, 15) is 13.4 Å². The second kappa shape index (κ2) is 7.66. The Hall–Kier alpha value is -1.09. The fraction of sp³-hybridized carbons (Fsp3) is 0.333. The molecule has 0 fully saturated rings. The summed E-state index contributed by atoms with van der Waals surface area (Å²) in [5, 5.41) is 9.69. The van der Waals surface area contributed by atoms with Gasteiger partial charge in [-0.2, -0.15) is 8.42 Å². The number of hydrogen-bond acceptors (Lipinski definition) is 4. The van der Waals surface area contributed by atoms with Crippen molar-refractivity contribution >= 4 is 33.1 Å². The Morgan fingerprint density at radius 3 is 2.57 bits per heavy atom. The topological polar surface area (TPSA) is 68.5 Å². The van der Waals surface area contributed by atoms with Gasteiger partial charge in [-0.1, -0.05) is 17.7 Å². The molecule has 0 radical (unpaired) electrons. The first-order chi connectivity index (χ1) is 10.8. The summed E-state index contributed by atoms with van der Waals surface area (Å²) in [5.74, 6) is 0. The normalized spacial score (nSPS) is 11.7. The molecule has 0 saturated heterocycles. The molecular weight excluding hydrogens is 381 g/mol. The van der Waals surface area contributed by atoms with Crippen LogP contribution in [0.1, 0.15) is 17.7 Å². The van der Waals surface area contributed by atoms with E-state index in [2.05, 4.69) is 15.9 Å². The van der Waals surface area contributed by atoms with Gasteiger partial charge in [-0.15, -0.1) is 0 Å².